The van der Waals surface area contributed by atoms with Crippen LogP contribution in [0.2, 0.25) is 0 Å². The number of aliphatic hydroxyl groups is 1. The van der Waals surface area contributed by atoms with Gasteiger partial charge in [-0.25, -0.2) is 0 Å². The van der Waals surface area contributed by atoms with Gasteiger partial charge in [0.2, 0.25) is 0 Å². The Balaban J connectivity index is 3.03. The summed E-state index contributed by atoms with van der Waals surface area (Å²) in [7, 11) is 0. The van der Waals surface area contributed by atoms with Gasteiger partial charge >= 0.3 is 0 Å². The molecule has 0 aromatic heterocycles. The van der Waals surface area contributed by atoms with Crippen LogP contribution in [0.1, 0.15) is 10.6 Å². The fourth-order valence-electron chi connectivity index (χ4n) is 0.689. The lowest BCUT2D eigenvalue weighted by Crippen LogP contribution is -1.86. The average Bonchev–Trinajstić information content (AvgIpc) is 1.88. The van der Waals surface area contributed by atoms with Gasteiger partial charge < -0.3 is 10.2 Å². The lowest BCUT2D eigenvalue weighted by Gasteiger charge is -2.03. The molecule has 1 atom stereocenters. The first-order valence-electron chi connectivity index (χ1n) is 2.82. The Morgan fingerprint density at radius 3 is 2.30 bits per heavy atom. The number of rotatable bonds is 1. The monoisotopic (exact) mass is 202 g/mol. The van der Waals surface area contributed by atoms with Crippen molar-refractivity contribution in [3.8, 4) is 5.75 Å². The van der Waals surface area contributed by atoms with Crippen LogP contribution >= 0.6 is 15.9 Å². The van der Waals surface area contributed by atoms with Crippen molar-refractivity contribution in [2.75, 3.05) is 0 Å². The first-order chi connectivity index (χ1) is 4.72. The van der Waals surface area contributed by atoms with Crippen molar-refractivity contribution in [3.05, 3.63) is 29.8 Å². The molecule has 0 aliphatic rings. The molecule has 0 aliphatic carbocycles. The van der Waals surface area contributed by atoms with Gasteiger partial charge in [-0.05, 0) is 6.07 Å². The predicted octanol–water partition coefficient (Wildman–Crippen LogP) is 1.78. The number of aliphatic hydroxyl groups excluding tert-OH is 1. The van der Waals surface area contributed by atoms with Crippen LogP contribution in [-0.4, -0.2) is 10.2 Å². The van der Waals surface area contributed by atoms with E-state index in [1.807, 2.05) is 0 Å². The van der Waals surface area contributed by atoms with E-state index in [1.54, 1.807) is 18.2 Å². The molecule has 54 valence electrons. The second kappa shape index (κ2) is 3.03. The van der Waals surface area contributed by atoms with Crippen LogP contribution in [0, 0.1) is 0 Å². The van der Waals surface area contributed by atoms with Crippen LogP contribution in [0.4, 0.5) is 0 Å². The quantitative estimate of drug-likeness (QED) is 0.683. The number of para-hydroxylation sites is 1. The molecule has 2 N–H and O–H groups in total. The van der Waals surface area contributed by atoms with Crippen molar-refractivity contribution in [1.29, 1.82) is 0 Å². The third-order valence-corrected chi connectivity index (χ3v) is 1.69. The summed E-state index contributed by atoms with van der Waals surface area (Å²) in [6, 6.07) is 6.63. The van der Waals surface area contributed by atoms with Crippen LogP contribution < -0.4 is 0 Å². The average molecular weight is 203 g/mol. The molecule has 2 nitrogen and oxygen atoms in total. The molecule has 0 radical (unpaired) electrons. The Labute approximate surface area is 67.3 Å². The number of aromatic hydroxyl groups is 1. The Morgan fingerprint density at radius 1 is 1.30 bits per heavy atom. The molecular weight excluding hydrogens is 196 g/mol. The van der Waals surface area contributed by atoms with Crippen LogP contribution in [-0.2, 0) is 0 Å². The highest BCUT2D eigenvalue weighted by Crippen LogP contribution is 2.26. The van der Waals surface area contributed by atoms with E-state index in [-0.39, 0.29) is 5.75 Å². The molecule has 0 heterocycles. The van der Waals surface area contributed by atoms with E-state index in [9.17, 15) is 0 Å². The van der Waals surface area contributed by atoms with Crippen molar-refractivity contribution in [3.63, 3.8) is 0 Å². The van der Waals surface area contributed by atoms with Crippen LogP contribution in [0.5, 0.6) is 5.75 Å². The molecule has 0 bridgehead atoms. The summed E-state index contributed by atoms with van der Waals surface area (Å²) in [6.45, 7) is 0. The SMILES string of the molecule is Oc1ccccc1C(O)Br. The van der Waals surface area contributed by atoms with Crippen molar-refractivity contribution < 1.29 is 10.2 Å². The number of alkyl halides is 1. The maximum Gasteiger partial charge on any atom is 0.137 e. The van der Waals surface area contributed by atoms with E-state index in [0.29, 0.717) is 5.56 Å². The fourth-order valence-corrected chi connectivity index (χ4v) is 1.08. The summed E-state index contributed by atoms with van der Waals surface area (Å²) < 4.78 is 0. The van der Waals surface area contributed by atoms with E-state index in [2.05, 4.69) is 15.9 Å². The fraction of sp³-hybridized carbons (Fsp3) is 0.143. The van der Waals surface area contributed by atoms with Crippen LogP contribution in [0.3, 0.4) is 0 Å². The smallest absolute Gasteiger partial charge is 0.137 e. The molecule has 1 unspecified atom stereocenters. The maximum absolute atomic E-state index is 9.09. The number of phenolic OH excluding ortho intramolecular Hbond substituents is 1. The van der Waals surface area contributed by atoms with Gasteiger partial charge in [-0.15, -0.1) is 0 Å². The molecule has 0 spiro atoms. The zero-order valence-electron chi connectivity index (χ0n) is 5.16. The van der Waals surface area contributed by atoms with Gasteiger partial charge in [-0.3, -0.25) is 0 Å². The van der Waals surface area contributed by atoms with E-state index in [4.69, 9.17) is 10.2 Å². The molecule has 0 fully saturated rings. The lowest BCUT2D eigenvalue weighted by atomic mass is 10.2. The molecule has 3 heteroatoms. The highest BCUT2D eigenvalue weighted by Gasteiger charge is 2.05. The Hall–Kier alpha value is -0.540. The predicted molar refractivity (Wildman–Crippen MR) is 42.0 cm³/mol. The van der Waals surface area contributed by atoms with Crippen LogP contribution in [0.25, 0.3) is 0 Å². The van der Waals surface area contributed by atoms with Gasteiger partial charge in [0.1, 0.15) is 10.8 Å². The second-order valence-corrected chi connectivity index (χ2v) is 2.76. The van der Waals surface area contributed by atoms with Gasteiger partial charge in [0.15, 0.2) is 0 Å². The van der Waals surface area contributed by atoms with Gasteiger partial charge in [0, 0.05) is 5.56 Å². The molecule has 1 rings (SSSR count). The molecule has 0 saturated carbocycles. The van der Waals surface area contributed by atoms with Gasteiger partial charge in [0.05, 0.1) is 0 Å². The number of halogens is 1. The second-order valence-electron chi connectivity index (χ2n) is 1.89. The standard InChI is InChI=1S/C7H7BrO2/c8-7(10)5-3-1-2-4-6(5)9/h1-4,7,9-10H. The van der Waals surface area contributed by atoms with Crippen molar-refractivity contribution >= 4 is 15.9 Å². The van der Waals surface area contributed by atoms with Crippen molar-refractivity contribution in [2.24, 2.45) is 0 Å². The van der Waals surface area contributed by atoms with Gasteiger partial charge in [0.25, 0.3) is 0 Å². The molecule has 0 aliphatic heterocycles. The number of benzene rings is 1. The van der Waals surface area contributed by atoms with E-state index >= 15 is 0 Å². The number of phenols is 1. The Kier molecular flexibility index (Phi) is 2.29. The van der Waals surface area contributed by atoms with Gasteiger partial charge in [-0.2, -0.15) is 0 Å². The molecule has 0 saturated heterocycles. The van der Waals surface area contributed by atoms with Crippen molar-refractivity contribution in [2.45, 2.75) is 5.01 Å². The highest BCUT2D eigenvalue weighted by atomic mass is 79.9. The zero-order chi connectivity index (χ0) is 7.56. The summed E-state index contributed by atoms with van der Waals surface area (Å²) in [5.74, 6) is 0.104. The van der Waals surface area contributed by atoms with E-state index in [1.165, 1.54) is 6.07 Å². The topological polar surface area (TPSA) is 40.5 Å². The van der Waals surface area contributed by atoms with E-state index in [0.717, 1.165) is 0 Å². The minimum absolute atomic E-state index is 0.104. The first kappa shape index (κ1) is 7.57. The summed E-state index contributed by atoms with van der Waals surface area (Å²) >= 11 is 2.93. The van der Waals surface area contributed by atoms with Crippen LogP contribution in [0.15, 0.2) is 24.3 Å². The minimum atomic E-state index is -0.784. The highest BCUT2D eigenvalue weighted by molar-refractivity contribution is 9.09. The van der Waals surface area contributed by atoms with E-state index < -0.39 is 5.01 Å². The molecule has 1 aromatic carbocycles. The molecular formula is C7H7BrO2. The Morgan fingerprint density at radius 2 is 1.90 bits per heavy atom. The largest absolute Gasteiger partial charge is 0.508 e. The normalized spacial score (nSPS) is 13.0. The third-order valence-electron chi connectivity index (χ3n) is 1.19. The van der Waals surface area contributed by atoms with Crippen molar-refractivity contribution in [1.82, 2.24) is 0 Å². The maximum atomic E-state index is 9.09. The third kappa shape index (κ3) is 1.49. The number of hydrogen-bond donors (Lipinski definition) is 2. The summed E-state index contributed by atoms with van der Waals surface area (Å²) in [5, 5.41) is 17.3. The minimum Gasteiger partial charge on any atom is -0.508 e. The number of hydrogen-bond acceptors (Lipinski definition) is 2. The summed E-state index contributed by atoms with van der Waals surface area (Å²) in [4.78, 5) is 0. The molecule has 1 aromatic rings. The Bertz CT molecular complexity index is 223. The summed E-state index contributed by atoms with van der Waals surface area (Å²) in [5.41, 5.74) is 0.488. The molecule has 0 amide bonds. The van der Waals surface area contributed by atoms with Gasteiger partial charge in [-0.1, -0.05) is 34.1 Å². The first-order valence-corrected chi connectivity index (χ1v) is 3.73. The molecule has 10 heavy (non-hydrogen) atoms. The summed E-state index contributed by atoms with van der Waals surface area (Å²) in [6.07, 6.45) is 0. The lowest BCUT2D eigenvalue weighted by molar-refractivity contribution is 0.271. The zero-order valence-corrected chi connectivity index (χ0v) is 6.75.